The van der Waals surface area contributed by atoms with Gasteiger partial charge in [-0.15, -0.1) is 0 Å². The summed E-state index contributed by atoms with van der Waals surface area (Å²) in [6.07, 6.45) is 2.73. The van der Waals surface area contributed by atoms with Crippen molar-refractivity contribution < 1.29 is 28.7 Å². The zero-order chi connectivity index (χ0) is 20.0. The highest BCUT2D eigenvalue weighted by molar-refractivity contribution is 6.10. The fraction of sp³-hybridized carbons (Fsp3) is 0.211. The minimum atomic E-state index is -0.644. The Balaban J connectivity index is 2.47. The van der Waals surface area contributed by atoms with Gasteiger partial charge in [-0.1, -0.05) is 12.1 Å². The number of benzene rings is 2. The van der Waals surface area contributed by atoms with E-state index in [9.17, 15) is 14.9 Å². The van der Waals surface area contributed by atoms with Crippen LogP contribution in [0.5, 0.6) is 23.0 Å². The summed E-state index contributed by atoms with van der Waals surface area (Å²) in [5, 5.41) is 11.3. The summed E-state index contributed by atoms with van der Waals surface area (Å²) in [5.74, 6) is 0.778. The van der Waals surface area contributed by atoms with Crippen LogP contribution < -0.4 is 18.9 Å². The molecule has 0 aliphatic carbocycles. The molecule has 0 amide bonds. The van der Waals surface area contributed by atoms with Crippen molar-refractivity contribution in [3.8, 4) is 23.0 Å². The summed E-state index contributed by atoms with van der Waals surface area (Å²) >= 11 is 0. The smallest absolute Gasteiger partial charge is 0.284 e. The zero-order valence-corrected chi connectivity index (χ0v) is 15.3. The van der Waals surface area contributed by atoms with Crippen LogP contribution in [0.2, 0.25) is 0 Å². The summed E-state index contributed by atoms with van der Waals surface area (Å²) in [4.78, 5) is 23.3. The van der Waals surface area contributed by atoms with Crippen molar-refractivity contribution in [3.63, 3.8) is 0 Å². The van der Waals surface area contributed by atoms with Gasteiger partial charge in [-0.05, 0) is 18.2 Å². The highest BCUT2D eigenvalue weighted by Gasteiger charge is 2.23. The second kappa shape index (κ2) is 8.70. The Hall–Kier alpha value is -3.55. The fourth-order valence-electron chi connectivity index (χ4n) is 2.52. The summed E-state index contributed by atoms with van der Waals surface area (Å²) in [6.45, 7) is 0. The molecule has 0 aromatic heterocycles. The van der Waals surface area contributed by atoms with E-state index in [0.717, 1.165) is 6.07 Å². The van der Waals surface area contributed by atoms with Crippen molar-refractivity contribution in [2.75, 3.05) is 28.4 Å². The molecule has 0 atom stereocenters. The molecule has 0 bridgehead atoms. The highest BCUT2D eigenvalue weighted by atomic mass is 16.6. The maximum absolute atomic E-state index is 12.6. The van der Waals surface area contributed by atoms with Gasteiger partial charge in [0.05, 0.1) is 39.4 Å². The molecule has 8 heteroatoms. The van der Waals surface area contributed by atoms with E-state index in [0.29, 0.717) is 17.1 Å². The molecule has 2 aromatic carbocycles. The van der Waals surface area contributed by atoms with Crippen molar-refractivity contribution in [1.82, 2.24) is 0 Å². The second-order valence-corrected chi connectivity index (χ2v) is 5.26. The summed E-state index contributed by atoms with van der Waals surface area (Å²) in [6, 6.07) is 7.63. The van der Waals surface area contributed by atoms with Crippen LogP contribution in [0.15, 0.2) is 36.4 Å². The number of hydrogen-bond donors (Lipinski definition) is 0. The number of carbonyl (C=O) groups is 1. The van der Waals surface area contributed by atoms with E-state index < -0.39 is 10.7 Å². The first-order valence-electron chi connectivity index (χ1n) is 7.80. The van der Waals surface area contributed by atoms with E-state index >= 15 is 0 Å². The van der Waals surface area contributed by atoms with Crippen LogP contribution in [0, 0.1) is 10.1 Å². The molecule has 27 heavy (non-hydrogen) atoms. The van der Waals surface area contributed by atoms with Crippen LogP contribution in [-0.2, 0) is 0 Å². The lowest BCUT2D eigenvalue weighted by Gasteiger charge is -2.10. The Kier molecular flexibility index (Phi) is 6.37. The lowest BCUT2D eigenvalue weighted by molar-refractivity contribution is -0.385. The van der Waals surface area contributed by atoms with Crippen LogP contribution >= 0.6 is 0 Å². The van der Waals surface area contributed by atoms with Gasteiger partial charge in [0.25, 0.3) is 5.69 Å². The van der Waals surface area contributed by atoms with Gasteiger partial charge >= 0.3 is 0 Å². The largest absolute Gasteiger partial charge is 0.493 e. The van der Waals surface area contributed by atoms with Crippen LogP contribution in [0.4, 0.5) is 5.69 Å². The van der Waals surface area contributed by atoms with Crippen LogP contribution in [0.3, 0.4) is 0 Å². The number of nitro benzene ring substituents is 1. The van der Waals surface area contributed by atoms with E-state index in [1.807, 2.05) is 0 Å². The molecule has 0 radical (unpaired) electrons. The average molecular weight is 373 g/mol. The van der Waals surface area contributed by atoms with Gasteiger partial charge in [-0.3, -0.25) is 14.9 Å². The predicted molar refractivity (Wildman–Crippen MR) is 99.1 cm³/mol. The van der Waals surface area contributed by atoms with E-state index in [1.165, 1.54) is 46.7 Å². The van der Waals surface area contributed by atoms with Crippen LogP contribution in [0.1, 0.15) is 15.9 Å². The number of para-hydroxylation sites is 1. The molecule has 2 aromatic rings. The van der Waals surface area contributed by atoms with Gasteiger partial charge in [0.15, 0.2) is 28.8 Å². The molecule has 0 spiro atoms. The molecule has 8 nitrogen and oxygen atoms in total. The van der Waals surface area contributed by atoms with Crippen molar-refractivity contribution >= 4 is 17.5 Å². The normalized spacial score (nSPS) is 10.5. The van der Waals surface area contributed by atoms with E-state index in [4.69, 9.17) is 18.9 Å². The molecule has 0 heterocycles. The average Bonchev–Trinajstić information content (AvgIpc) is 2.70. The van der Waals surface area contributed by atoms with Crippen molar-refractivity contribution in [2.24, 2.45) is 0 Å². The number of ketones is 1. The van der Waals surface area contributed by atoms with Crippen molar-refractivity contribution in [1.29, 1.82) is 0 Å². The van der Waals surface area contributed by atoms with Gasteiger partial charge in [0.1, 0.15) is 5.56 Å². The first kappa shape index (κ1) is 19.8. The SMILES string of the molecule is COc1cc(C(=O)/C=C/c2cccc(OC)c2OC)c([N+](=O)[O-])cc1OC. The molecular formula is C19H19NO7. The molecule has 142 valence electrons. The zero-order valence-electron chi connectivity index (χ0n) is 15.3. The molecule has 0 N–H and O–H groups in total. The second-order valence-electron chi connectivity index (χ2n) is 5.26. The standard InChI is InChI=1S/C19H19NO7/c1-24-16-7-5-6-12(19(16)27-4)8-9-15(21)13-10-17(25-2)18(26-3)11-14(13)20(22)23/h5-11H,1-4H3/b9-8+. The van der Waals surface area contributed by atoms with E-state index in [2.05, 4.69) is 0 Å². The van der Waals surface area contributed by atoms with Crippen molar-refractivity contribution in [3.05, 3.63) is 57.6 Å². The van der Waals surface area contributed by atoms with Gasteiger partial charge in [-0.25, -0.2) is 0 Å². The predicted octanol–water partition coefficient (Wildman–Crippen LogP) is 3.53. The van der Waals surface area contributed by atoms with Crippen LogP contribution in [0.25, 0.3) is 6.08 Å². The maximum Gasteiger partial charge on any atom is 0.284 e. The Morgan fingerprint density at radius 1 is 0.963 bits per heavy atom. The molecule has 2 rings (SSSR count). The first-order chi connectivity index (χ1) is 13.0. The third-order valence-electron chi connectivity index (χ3n) is 3.81. The molecule has 0 fully saturated rings. The summed E-state index contributed by atoms with van der Waals surface area (Å²) in [5.41, 5.74) is 0.101. The Bertz CT molecular complexity index is 890. The molecule has 0 saturated heterocycles. The van der Waals surface area contributed by atoms with Gasteiger partial charge in [0, 0.05) is 11.6 Å². The fourth-order valence-corrected chi connectivity index (χ4v) is 2.52. The number of nitro groups is 1. The minimum absolute atomic E-state index is 0.115. The number of allylic oxidation sites excluding steroid dienone is 1. The van der Waals surface area contributed by atoms with E-state index in [-0.39, 0.29) is 22.7 Å². The number of methoxy groups -OCH3 is 4. The molecular weight excluding hydrogens is 354 g/mol. The van der Waals surface area contributed by atoms with Crippen LogP contribution in [-0.4, -0.2) is 39.1 Å². The molecule has 0 aliphatic heterocycles. The third kappa shape index (κ3) is 4.17. The minimum Gasteiger partial charge on any atom is -0.493 e. The van der Waals surface area contributed by atoms with Crippen molar-refractivity contribution in [2.45, 2.75) is 0 Å². The molecule has 0 aliphatic rings. The highest BCUT2D eigenvalue weighted by Crippen LogP contribution is 2.35. The van der Waals surface area contributed by atoms with E-state index in [1.54, 1.807) is 18.2 Å². The lowest BCUT2D eigenvalue weighted by atomic mass is 10.1. The number of rotatable bonds is 8. The Labute approximate surface area is 156 Å². The summed E-state index contributed by atoms with van der Waals surface area (Å²) < 4.78 is 20.7. The number of carbonyl (C=O) groups excluding carboxylic acids is 1. The molecule has 0 saturated carbocycles. The monoisotopic (exact) mass is 373 g/mol. The quantitative estimate of drug-likeness (QED) is 0.302. The van der Waals surface area contributed by atoms with Gasteiger partial charge < -0.3 is 18.9 Å². The van der Waals surface area contributed by atoms with Gasteiger partial charge in [0.2, 0.25) is 0 Å². The number of nitrogens with zero attached hydrogens (tertiary/aromatic N) is 1. The Morgan fingerprint density at radius 3 is 2.15 bits per heavy atom. The third-order valence-corrected chi connectivity index (χ3v) is 3.81. The topological polar surface area (TPSA) is 97.1 Å². The number of hydrogen-bond acceptors (Lipinski definition) is 7. The Morgan fingerprint density at radius 2 is 1.59 bits per heavy atom. The van der Waals surface area contributed by atoms with Gasteiger partial charge in [-0.2, -0.15) is 0 Å². The number of ether oxygens (including phenoxy) is 4. The molecule has 0 unspecified atom stereocenters. The lowest BCUT2D eigenvalue weighted by Crippen LogP contribution is -2.03. The maximum atomic E-state index is 12.6. The first-order valence-corrected chi connectivity index (χ1v) is 7.80. The summed E-state index contributed by atoms with van der Waals surface area (Å²) in [7, 11) is 5.73.